The number of nitrogens with zero attached hydrogens (tertiary/aromatic N) is 1. The number of halogens is 2. The van der Waals surface area contributed by atoms with E-state index in [1.807, 2.05) is 24.4 Å². The fourth-order valence-electron chi connectivity index (χ4n) is 3.14. The highest BCUT2D eigenvalue weighted by Crippen LogP contribution is 2.31. The molecular weight excluding hydrogens is 466 g/mol. The molecule has 0 fully saturated rings. The van der Waals surface area contributed by atoms with Gasteiger partial charge in [0, 0.05) is 37.3 Å². The molecule has 6 heteroatoms. The van der Waals surface area contributed by atoms with Gasteiger partial charge in [-0.1, -0.05) is 31.9 Å². The number of rotatable bonds is 4. The predicted octanol–water partition coefficient (Wildman–Crippen LogP) is 6.06. The van der Waals surface area contributed by atoms with Crippen LogP contribution in [0.2, 0.25) is 0 Å². The lowest BCUT2D eigenvalue weighted by molar-refractivity contribution is -0.136. The molecule has 0 aliphatic heterocycles. The number of fused-ring (bicyclic) bond motifs is 2. The third kappa shape index (κ3) is 3.26. The van der Waals surface area contributed by atoms with Gasteiger partial charge in [-0.15, -0.1) is 11.3 Å². The molecule has 1 N–H and O–H groups in total. The zero-order valence-corrected chi connectivity index (χ0v) is 17.0. The summed E-state index contributed by atoms with van der Waals surface area (Å²) < 4.78 is 5.41. The number of hydrogen-bond donors (Lipinski definition) is 1. The minimum Gasteiger partial charge on any atom is -0.481 e. The van der Waals surface area contributed by atoms with Gasteiger partial charge in [0.25, 0.3) is 0 Å². The molecule has 4 aromatic rings. The average molecular weight is 479 g/mol. The Morgan fingerprint density at radius 3 is 2.52 bits per heavy atom. The molecule has 0 atom stereocenters. The molecule has 0 bridgehead atoms. The number of carboxylic acid groups (broad SMARTS) is 1. The quantitative estimate of drug-likeness (QED) is 0.387. The zero-order chi connectivity index (χ0) is 17.6. The van der Waals surface area contributed by atoms with Crippen molar-refractivity contribution in [3.8, 4) is 0 Å². The maximum Gasteiger partial charge on any atom is 0.307 e. The molecule has 2 aromatic heterocycles. The second-order valence-electron chi connectivity index (χ2n) is 5.92. The number of carbonyl (C=O) groups is 1. The number of aromatic nitrogens is 1. The highest BCUT2D eigenvalue weighted by Gasteiger charge is 2.13. The Bertz CT molecular complexity index is 1110. The topological polar surface area (TPSA) is 42.2 Å². The summed E-state index contributed by atoms with van der Waals surface area (Å²) in [5.74, 6) is -0.816. The molecule has 0 aliphatic rings. The first-order valence-corrected chi connectivity index (χ1v) is 10.1. The summed E-state index contributed by atoms with van der Waals surface area (Å²) in [6, 6.07) is 12.3. The molecule has 4 rings (SSSR count). The van der Waals surface area contributed by atoms with E-state index in [0.717, 1.165) is 25.4 Å². The fraction of sp³-hybridized carbons (Fsp3) is 0.105. The molecule has 3 nitrogen and oxygen atoms in total. The first-order chi connectivity index (χ1) is 12.0. The van der Waals surface area contributed by atoms with Crippen molar-refractivity contribution in [2.24, 2.45) is 0 Å². The number of aliphatic carboxylic acids is 1. The third-order valence-corrected chi connectivity index (χ3v) is 6.22. The monoisotopic (exact) mass is 477 g/mol. The van der Waals surface area contributed by atoms with Gasteiger partial charge in [-0.3, -0.25) is 4.79 Å². The van der Waals surface area contributed by atoms with Crippen molar-refractivity contribution in [1.82, 2.24) is 4.57 Å². The van der Waals surface area contributed by atoms with E-state index in [4.69, 9.17) is 0 Å². The van der Waals surface area contributed by atoms with Crippen molar-refractivity contribution in [3.05, 3.63) is 68.0 Å². The van der Waals surface area contributed by atoms with E-state index in [2.05, 4.69) is 60.0 Å². The lowest BCUT2D eigenvalue weighted by atomic mass is 10.1. The maximum atomic E-state index is 11.2. The smallest absolute Gasteiger partial charge is 0.307 e. The number of thiophene rings is 1. The van der Waals surface area contributed by atoms with Gasteiger partial charge in [0.15, 0.2) is 0 Å². The molecule has 0 saturated heterocycles. The van der Waals surface area contributed by atoms with Crippen LogP contribution < -0.4 is 0 Å². The van der Waals surface area contributed by atoms with Crippen molar-refractivity contribution < 1.29 is 9.90 Å². The molecule has 0 amide bonds. The zero-order valence-electron chi connectivity index (χ0n) is 13.0. The van der Waals surface area contributed by atoms with Crippen molar-refractivity contribution in [1.29, 1.82) is 0 Å². The molecule has 0 radical (unpaired) electrons. The average Bonchev–Trinajstić information content (AvgIpc) is 3.09. The summed E-state index contributed by atoms with van der Waals surface area (Å²) in [6.45, 7) is 0.716. The van der Waals surface area contributed by atoms with Crippen molar-refractivity contribution in [3.63, 3.8) is 0 Å². The van der Waals surface area contributed by atoms with Crippen LogP contribution in [0, 0.1) is 0 Å². The van der Waals surface area contributed by atoms with Crippen LogP contribution in [0.25, 0.3) is 21.0 Å². The largest absolute Gasteiger partial charge is 0.481 e. The number of benzene rings is 2. The Labute approximate surface area is 165 Å². The molecule has 0 saturated carbocycles. The Balaban J connectivity index is 1.83. The van der Waals surface area contributed by atoms with Crippen LogP contribution in [0.1, 0.15) is 11.1 Å². The van der Waals surface area contributed by atoms with Gasteiger partial charge in [-0.2, -0.15) is 0 Å². The molecule has 126 valence electrons. The highest BCUT2D eigenvalue weighted by molar-refractivity contribution is 9.10. The second-order valence-corrected chi connectivity index (χ2v) is 8.66. The molecular formula is C19H13Br2NO2S. The minimum atomic E-state index is -0.816. The molecule has 2 heterocycles. The number of carboxylic acids is 1. The van der Waals surface area contributed by atoms with Crippen molar-refractivity contribution in [2.45, 2.75) is 13.0 Å². The van der Waals surface area contributed by atoms with E-state index in [1.54, 1.807) is 11.3 Å². The third-order valence-electron chi connectivity index (χ3n) is 4.22. The lowest BCUT2D eigenvalue weighted by Gasteiger charge is -2.05. The second kappa shape index (κ2) is 6.59. The van der Waals surface area contributed by atoms with E-state index < -0.39 is 5.97 Å². The van der Waals surface area contributed by atoms with Gasteiger partial charge in [-0.25, -0.2) is 0 Å². The summed E-state index contributed by atoms with van der Waals surface area (Å²) in [4.78, 5) is 11.2. The molecule has 0 unspecified atom stereocenters. The van der Waals surface area contributed by atoms with E-state index in [-0.39, 0.29) is 6.42 Å². The minimum absolute atomic E-state index is 0.0237. The van der Waals surface area contributed by atoms with Crippen LogP contribution in [0.3, 0.4) is 0 Å². The van der Waals surface area contributed by atoms with Crippen LogP contribution in [-0.4, -0.2) is 15.6 Å². The first-order valence-electron chi connectivity index (χ1n) is 7.66. The fourth-order valence-corrected chi connectivity index (χ4v) is 4.79. The van der Waals surface area contributed by atoms with E-state index in [1.165, 1.54) is 15.6 Å². The molecule has 0 aliphatic carbocycles. The Morgan fingerprint density at radius 2 is 1.76 bits per heavy atom. The van der Waals surface area contributed by atoms with Gasteiger partial charge in [0.05, 0.1) is 6.42 Å². The van der Waals surface area contributed by atoms with Gasteiger partial charge in [-0.05, 0) is 58.3 Å². The summed E-state index contributed by atoms with van der Waals surface area (Å²) in [5.41, 5.74) is 3.13. The number of hydrogen-bond acceptors (Lipinski definition) is 2. The Hall–Kier alpha value is -1.63. The summed E-state index contributed by atoms with van der Waals surface area (Å²) in [6.07, 6.45) is 1.99. The van der Waals surface area contributed by atoms with Crippen LogP contribution in [-0.2, 0) is 17.8 Å². The normalized spacial score (nSPS) is 11.4. The molecule has 25 heavy (non-hydrogen) atoms. The summed E-state index contributed by atoms with van der Waals surface area (Å²) >= 11 is 8.76. The van der Waals surface area contributed by atoms with Gasteiger partial charge in [0.2, 0.25) is 0 Å². The van der Waals surface area contributed by atoms with E-state index in [9.17, 15) is 9.90 Å². The molecule has 2 aromatic carbocycles. The standard InChI is InChI=1S/C19H13Br2NO2S/c20-13-1-3-17-15(6-13)11(5-19(23)24)8-22(17)9-12-10-25-18-4-2-14(21)7-16(12)18/h1-4,6-8,10H,5,9H2,(H,23,24). The Morgan fingerprint density at radius 1 is 1.04 bits per heavy atom. The van der Waals surface area contributed by atoms with Gasteiger partial charge in [0.1, 0.15) is 0 Å². The van der Waals surface area contributed by atoms with Gasteiger partial charge < -0.3 is 9.67 Å². The van der Waals surface area contributed by atoms with E-state index in [0.29, 0.717) is 6.54 Å². The molecule has 0 spiro atoms. The maximum absolute atomic E-state index is 11.2. The van der Waals surface area contributed by atoms with Crippen LogP contribution >= 0.6 is 43.2 Å². The van der Waals surface area contributed by atoms with E-state index >= 15 is 0 Å². The van der Waals surface area contributed by atoms with Crippen LogP contribution in [0.15, 0.2) is 56.9 Å². The summed E-state index contributed by atoms with van der Waals surface area (Å²) in [7, 11) is 0. The SMILES string of the molecule is O=C(O)Cc1cn(Cc2csc3ccc(Br)cc23)c2ccc(Br)cc12. The highest BCUT2D eigenvalue weighted by atomic mass is 79.9. The van der Waals surface area contributed by atoms with Crippen LogP contribution in [0.4, 0.5) is 0 Å². The lowest BCUT2D eigenvalue weighted by Crippen LogP contribution is -2.00. The summed E-state index contributed by atoms with van der Waals surface area (Å²) in [5, 5.41) is 13.6. The first kappa shape index (κ1) is 16.8. The van der Waals surface area contributed by atoms with Crippen LogP contribution in [0.5, 0.6) is 0 Å². The van der Waals surface area contributed by atoms with Crippen molar-refractivity contribution >= 4 is 70.2 Å². The van der Waals surface area contributed by atoms with Gasteiger partial charge >= 0.3 is 5.97 Å². The Kier molecular flexibility index (Phi) is 4.43. The predicted molar refractivity (Wildman–Crippen MR) is 110 cm³/mol. The van der Waals surface area contributed by atoms with Crippen molar-refractivity contribution in [2.75, 3.05) is 0 Å².